The highest BCUT2D eigenvalue weighted by molar-refractivity contribution is 5.82. The average molecular weight is 274 g/mol. The van der Waals surface area contributed by atoms with Crippen molar-refractivity contribution in [3.8, 4) is 5.75 Å². The fourth-order valence-electron chi connectivity index (χ4n) is 2.04. The van der Waals surface area contributed by atoms with Crippen molar-refractivity contribution in [3.05, 3.63) is 47.7 Å². The van der Waals surface area contributed by atoms with Gasteiger partial charge in [-0.2, -0.15) is 0 Å². The van der Waals surface area contributed by atoms with Crippen molar-refractivity contribution in [2.75, 3.05) is 0 Å². The van der Waals surface area contributed by atoms with E-state index >= 15 is 0 Å². The van der Waals surface area contributed by atoms with Crippen LogP contribution in [0.15, 0.2) is 35.1 Å². The van der Waals surface area contributed by atoms with Crippen LogP contribution in [0.2, 0.25) is 0 Å². The standard InChI is InChI=1S/C15H15FN2O2/c1-9(2)13-6-10-5-12(16)15(7-14(10)17-13)19-8-11-3-4-20-18-11/h3-7,9,17H,8H2,1-2H3. The van der Waals surface area contributed by atoms with E-state index in [1.165, 1.54) is 12.3 Å². The Balaban J connectivity index is 1.88. The molecule has 0 saturated carbocycles. The van der Waals surface area contributed by atoms with Crippen LogP contribution < -0.4 is 4.74 Å². The summed E-state index contributed by atoms with van der Waals surface area (Å²) in [5, 5.41) is 4.57. The molecule has 1 aromatic carbocycles. The molecular weight excluding hydrogens is 259 g/mol. The van der Waals surface area contributed by atoms with Gasteiger partial charge in [0.15, 0.2) is 11.6 Å². The van der Waals surface area contributed by atoms with Crippen LogP contribution in [0.25, 0.3) is 10.9 Å². The van der Waals surface area contributed by atoms with Crippen molar-refractivity contribution in [3.63, 3.8) is 0 Å². The number of H-pyrrole nitrogens is 1. The first kappa shape index (κ1) is 12.7. The molecule has 0 unspecified atom stereocenters. The quantitative estimate of drug-likeness (QED) is 0.782. The summed E-state index contributed by atoms with van der Waals surface area (Å²) in [6.45, 7) is 4.35. The van der Waals surface area contributed by atoms with Crippen LogP contribution >= 0.6 is 0 Å². The SMILES string of the molecule is CC(C)c1cc2cc(F)c(OCc3ccon3)cc2[nH]1. The third kappa shape index (κ3) is 2.39. The molecule has 104 valence electrons. The van der Waals surface area contributed by atoms with Crippen LogP contribution in [0.3, 0.4) is 0 Å². The number of hydrogen-bond acceptors (Lipinski definition) is 3. The second-order valence-corrected chi connectivity index (χ2v) is 5.03. The number of ether oxygens (including phenoxy) is 1. The van der Waals surface area contributed by atoms with Crippen molar-refractivity contribution < 1.29 is 13.7 Å². The van der Waals surface area contributed by atoms with Gasteiger partial charge in [0.2, 0.25) is 0 Å². The summed E-state index contributed by atoms with van der Waals surface area (Å²) in [5.41, 5.74) is 2.57. The lowest BCUT2D eigenvalue weighted by molar-refractivity contribution is 0.276. The Labute approximate surface area is 115 Å². The van der Waals surface area contributed by atoms with Crippen LogP contribution in [0.4, 0.5) is 4.39 Å². The van der Waals surface area contributed by atoms with Crippen molar-refractivity contribution in [1.82, 2.24) is 10.1 Å². The van der Waals surface area contributed by atoms with E-state index in [1.54, 1.807) is 12.1 Å². The molecule has 0 fully saturated rings. The normalized spacial score (nSPS) is 11.4. The van der Waals surface area contributed by atoms with Gasteiger partial charge in [0.1, 0.15) is 18.6 Å². The van der Waals surface area contributed by atoms with Gasteiger partial charge in [-0.15, -0.1) is 0 Å². The van der Waals surface area contributed by atoms with Gasteiger partial charge in [-0.05, 0) is 18.1 Å². The second-order valence-electron chi connectivity index (χ2n) is 5.03. The number of halogens is 1. The molecule has 5 heteroatoms. The Kier molecular flexibility index (Phi) is 3.18. The number of nitrogens with one attached hydrogen (secondary N) is 1. The predicted molar refractivity (Wildman–Crippen MR) is 73.2 cm³/mol. The summed E-state index contributed by atoms with van der Waals surface area (Å²) in [7, 11) is 0. The smallest absolute Gasteiger partial charge is 0.165 e. The van der Waals surface area contributed by atoms with Gasteiger partial charge in [-0.3, -0.25) is 0 Å². The van der Waals surface area contributed by atoms with Crippen molar-refractivity contribution in [2.45, 2.75) is 26.4 Å². The fourth-order valence-corrected chi connectivity index (χ4v) is 2.04. The number of fused-ring (bicyclic) bond motifs is 1. The molecule has 0 atom stereocenters. The van der Waals surface area contributed by atoms with E-state index in [0.717, 1.165) is 16.6 Å². The van der Waals surface area contributed by atoms with Gasteiger partial charge in [0, 0.05) is 28.7 Å². The highest BCUT2D eigenvalue weighted by Gasteiger charge is 2.11. The molecule has 2 aromatic heterocycles. The van der Waals surface area contributed by atoms with Crippen LogP contribution in [0, 0.1) is 5.82 Å². The monoisotopic (exact) mass is 274 g/mol. The average Bonchev–Trinajstić information content (AvgIpc) is 3.04. The molecule has 4 nitrogen and oxygen atoms in total. The van der Waals surface area contributed by atoms with E-state index in [1.807, 2.05) is 6.07 Å². The van der Waals surface area contributed by atoms with Crippen LogP contribution in [0.1, 0.15) is 31.2 Å². The molecule has 0 amide bonds. The molecule has 0 aliphatic rings. The Morgan fingerprint density at radius 2 is 2.20 bits per heavy atom. The van der Waals surface area contributed by atoms with Gasteiger partial charge >= 0.3 is 0 Å². The number of hydrogen-bond donors (Lipinski definition) is 1. The zero-order valence-corrected chi connectivity index (χ0v) is 11.3. The molecule has 2 heterocycles. The van der Waals surface area contributed by atoms with Gasteiger partial charge < -0.3 is 14.2 Å². The van der Waals surface area contributed by atoms with E-state index in [4.69, 9.17) is 9.26 Å². The van der Waals surface area contributed by atoms with Crippen molar-refractivity contribution >= 4 is 10.9 Å². The maximum atomic E-state index is 14.0. The lowest BCUT2D eigenvalue weighted by Crippen LogP contribution is -1.97. The fraction of sp³-hybridized carbons (Fsp3) is 0.267. The minimum atomic E-state index is -0.379. The maximum Gasteiger partial charge on any atom is 0.165 e. The highest BCUT2D eigenvalue weighted by atomic mass is 19.1. The van der Waals surface area contributed by atoms with E-state index < -0.39 is 0 Å². The number of rotatable bonds is 4. The lowest BCUT2D eigenvalue weighted by Gasteiger charge is -2.05. The molecule has 0 aliphatic carbocycles. The topological polar surface area (TPSA) is 51.1 Å². The maximum absolute atomic E-state index is 14.0. The van der Waals surface area contributed by atoms with Gasteiger partial charge in [0.25, 0.3) is 0 Å². The summed E-state index contributed by atoms with van der Waals surface area (Å²) < 4.78 is 24.1. The van der Waals surface area contributed by atoms with E-state index in [2.05, 4.69) is 24.0 Å². The van der Waals surface area contributed by atoms with Gasteiger partial charge in [-0.25, -0.2) is 4.39 Å². The molecule has 0 aliphatic heterocycles. The summed E-state index contributed by atoms with van der Waals surface area (Å²) >= 11 is 0. The molecular formula is C15H15FN2O2. The first-order valence-electron chi connectivity index (χ1n) is 6.47. The Morgan fingerprint density at radius 1 is 1.35 bits per heavy atom. The highest BCUT2D eigenvalue weighted by Crippen LogP contribution is 2.28. The molecule has 0 radical (unpaired) electrons. The van der Waals surface area contributed by atoms with Crippen LogP contribution in [0.5, 0.6) is 5.75 Å². The van der Waals surface area contributed by atoms with E-state index in [9.17, 15) is 4.39 Å². The minimum absolute atomic E-state index is 0.177. The Morgan fingerprint density at radius 3 is 2.90 bits per heavy atom. The first-order chi connectivity index (χ1) is 9.63. The molecule has 3 rings (SSSR count). The van der Waals surface area contributed by atoms with Gasteiger partial charge in [-0.1, -0.05) is 19.0 Å². The summed E-state index contributed by atoms with van der Waals surface area (Å²) in [6.07, 6.45) is 1.46. The van der Waals surface area contributed by atoms with Crippen molar-refractivity contribution in [1.29, 1.82) is 0 Å². The molecule has 0 spiro atoms. The number of benzene rings is 1. The summed E-state index contributed by atoms with van der Waals surface area (Å²) in [6, 6.07) is 6.80. The third-order valence-corrected chi connectivity index (χ3v) is 3.18. The minimum Gasteiger partial charge on any atom is -0.484 e. The Bertz CT molecular complexity index is 717. The van der Waals surface area contributed by atoms with Crippen molar-refractivity contribution in [2.24, 2.45) is 0 Å². The molecule has 3 aromatic rings. The predicted octanol–water partition coefficient (Wildman–Crippen LogP) is 4.00. The lowest BCUT2D eigenvalue weighted by atomic mass is 10.1. The molecule has 0 bridgehead atoms. The number of nitrogens with zero attached hydrogens (tertiary/aromatic N) is 1. The van der Waals surface area contributed by atoms with Gasteiger partial charge in [0.05, 0.1) is 0 Å². The van der Waals surface area contributed by atoms with Crippen LogP contribution in [-0.2, 0) is 6.61 Å². The molecule has 0 saturated heterocycles. The molecule has 1 N–H and O–H groups in total. The van der Waals surface area contributed by atoms with E-state index in [-0.39, 0.29) is 18.2 Å². The number of aromatic nitrogens is 2. The Hall–Kier alpha value is -2.30. The first-order valence-corrected chi connectivity index (χ1v) is 6.47. The summed E-state index contributed by atoms with van der Waals surface area (Å²) in [4.78, 5) is 3.28. The summed E-state index contributed by atoms with van der Waals surface area (Å²) in [5.74, 6) is 0.193. The number of aromatic amines is 1. The third-order valence-electron chi connectivity index (χ3n) is 3.18. The zero-order chi connectivity index (χ0) is 14.1. The largest absolute Gasteiger partial charge is 0.484 e. The molecule has 20 heavy (non-hydrogen) atoms. The van der Waals surface area contributed by atoms with E-state index in [0.29, 0.717) is 11.6 Å². The zero-order valence-electron chi connectivity index (χ0n) is 11.3. The van der Waals surface area contributed by atoms with Crippen LogP contribution in [-0.4, -0.2) is 10.1 Å². The second kappa shape index (κ2) is 5.00.